The number of nitrogens with one attached hydrogen (secondary N) is 1. The fourth-order valence-corrected chi connectivity index (χ4v) is 2.60. The van der Waals surface area contributed by atoms with Gasteiger partial charge in [0.15, 0.2) is 0 Å². The number of pyridine rings is 1. The maximum absolute atomic E-state index is 13.4. The van der Waals surface area contributed by atoms with Gasteiger partial charge in [0.05, 0.1) is 17.5 Å². The molecule has 0 bridgehead atoms. The quantitative estimate of drug-likeness (QED) is 0.466. The third-order valence-corrected chi connectivity index (χ3v) is 3.84. The van der Waals surface area contributed by atoms with Crippen molar-refractivity contribution in [2.45, 2.75) is 13.1 Å². The highest BCUT2D eigenvalue weighted by Crippen LogP contribution is 2.36. The first-order chi connectivity index (χ1) is 12.3. The first-order valence-electron chi connectivity index (χ1n) is 7.51. The molecule has 8 heteroatoms. The monoisotopic (exact) mass is 365 g/mol. The number of nitrogens with zero attached hydrogens (tertiary/aromatic N) is 2. The first kappa shape index (κ1) is 17.8. The minimum Gasteiger partial charge on any atom is -0.339 e. The van der Waals surface area contributed by atoms with Crippen LogP contribution < -0.4 is 0 Å². The number of aromatic amines is 1. The van der Waals surface area contributed by atoms with Gasteiger partial charge in [0, 0.05) is 16.7 Å². The lowest BCUT2D eigenvalue weighted by Crippen LogP contribution is -2.11. The van der Waals surface area contributed by atoms with Crippen molar-refractivity contribution in [3.05, 3.63) is 59.5 Å². The smallest absolute Gasteiger partial charge is 0.339 e. The third kappa shape index (κ3) is 3.35. The van der Waals surface area contributed by atoms with E-state index in [4.69, 9.17) is 0 Å². The summed E-state index contributed by atoms with van der Waals surface area (Å²) in [6, 6.07) is 7.93. The van der Waals surface area contributed by atoms with Crippen LogP contribution in [0.1, 0.15) is 18.2 Å². The maximum atomic E-state index is 13.4. The fraction of sp³-hybridized carbons (Fsp3) is 0.111. The predicted octanol–water partition coefficient (Wildman–Crippen LogP) is 5.75. The SMILES string of the molecule is C/C=C(\C=NF)c1nc2[nH]c(-c3ccc(F)cc3)cc2cc1C(F)(F)F. The second-order valence-electron chi connectivity index (χ2n) is 5.48. The topological polar surface area (TPSA) is 41.0 Å². The van der Waals surface area contributed by atoms with Crippen molar-refractivity contribution < 1.29 is 22.0 Å². The van der Waals surface area contributed by atoms with E-state index in [2.05, 4.69) is 15.2 Å². The van der Waals surface area contributed by atoms with E-state index in [-0.39, 0.29) is 16.6 Å². The second kappa shape index (κ2) is 6.70. The number of benzene rings is 1. The molecule has 0 aliphatic carbocycles. The number of fused-ring (bicyclic) bond motifs is 1. The maximum Gasteiger partial charge on any atom is 0.418 e. The molecule has 3 aromatic rings. The molecule has 0 radical (unpaired) electrons. The molecule has 3 nitrogen and oxygen atoms in total. The summed E-state index contributed by atoms with van der Waals surface area (Å²) >= 11 is 0. The van der Waals surface area contributed by atoms with E-state index in [0.717, 1.165) is 6.07 Å². The summed E-state index contributed by atoms with van der Waals surface area (Å²) in [6.45, 7) is 1.46. The summed E-state index contributed by atoms with van der Waals surface area (Å²) in [6.07, 6.45) is -2.72. The van der Waals surface area contributed by atoms with E-state index in [1.807, 2.05) is 0 Å². The molecule has 0 unspecified atom stereocenters. The Labute approximate surface area is 144 Å². The molecule has 2 aromatic heterocycles. The fourth-order valence-electron chi connectivity index (χ4n) is 2.60. The zero-order valence-electron chi connectivity index (χ0n) is 13.4. The molecule has 0 fully saturated rings. The lowest BCUT2D eigenvalue weighted by molar-refractivity contribution is -0.137. The molecule has 2 heterocycles. The van der Waals surface area contributed by atoms with Crippen molar-refractivity contribution in [2.24, 2.45) is 5.21 Å². The van der Waals surface area contributed by atoms with Crippen LogP contribution in [0.25, 0.3) is 27.9 Å². The molecule has 0 saturated carbocycles. The van der Waals surface area contributed by atoms with Gasteiger partial charge in [-0.2, -0.15) is 13.2 Å². The highest BCUT2D eigenvalue weighted by molar-refractivity contribution is 6.09. The predicted molar refractivity (Wildman–Crippen MR) is 89.7 cm³/mol. The molecule has 0 amide bonds. The van der Waals surface area contributed by atoms with Gasteiger partial charge in [0.25, 0.3) is 0 Å². The molecule has 1 aromatic carbocycles. The summed E-state index contributed by atoms with van der Waals surface area (Å²) in [4.78, 5) is 6.92. The Morgan fingerprint density at radius 3 is 2.42 bits per heavy atom. The van der Waals surface area contributed by atoms with Gasteiger partial charge in [-0.1, -0.05) is 15.8 Å². The Bertz CT molecular complexity index is 998. The second-order valence-corrected chi connectivity index (χ2v) is 5.48. The lowest BCUT2D eigenvalue weighted by atomic mass is 10.0. The van der Waals surface area contributed by atoms with Crippen LogP contribution in [0.2, 0.25) is 0 Å². The van der Waals surface area contributed by atoms with Gasteiger partial charge in [-0.3, -0.25) is 0 Å². The molecule has 0 aliphatic rings. The Morgan fingerprint density at radius 1 is 1.15 bits per heavy atom. The molecule has 0 aliphatic heterocycles. The lowest BCUT2D eigenvalue weighted by Gasteiger charge is -2.12. The number of hydrogen-bond donors (Lipinski definition) is 1. The minimum absolute atomic E-state index is 0.0975. The number of aromatic nitrogens is 2. The molecule has 26 heavy (non-hydrogen) atoms. The third-order valence-electron chi connectivity index (χ3n) is 3.84. The average molecular weight is 365 g/mol. The summed E-state index contributed by atoms with van der Waals surface area (Å²) in [5.74, 6) is -0.423. The molecular weight excluding hydrogens is 353 g/mol. The number of halogens is 5. The average Bonchev–Trinajstić information content (AvgIpc) is 3.01. The van der Waals surface area contributed by atoms with Gasteiger partial charge in [-0.25, -0.2) is 9.37 Å². The van der Waals surface area contributed by atoms with E-state index < -0.39 is 23.3 Å². The molecule has 3 rings (SSSR count). The Kier molecular flexibility index (Phi) is 4.58. The van der Waals surface area contributed by atoms with Gasteiger partial charge in [-0.15, -0.1) is 0 Å². The standard InChI is InChI=1S/C18H12F5N3/c1-2-10(9-24-23)16-14(18(20,21)22)7-12-8-15(25-17(12)26-16)11-3-5-13(19)6-4-11/h2-9H,1H3,(H,25,26)/b10-2+,24-9?. The van der Waals surface area contributed by atoms with E-state index in [1.54, 1.807) is 0 Å². The van der Waals surface area contributed by atoms with Crippen molar-refractivity contribution in [3.8, 4) is 11.3 Å². The highest BCUT2D eigenvalue weighted by Gasteiger charge is 2.35. The largest absolute Gasteiger partial charge is 0.418 e. The minimum atomic E-state index is -4.68. The number of rotatable bonds is 3. The van der Waals surface area contributed by atoms with Crippen LogP contribution in [0.4, 0.5) is 22.0 Å². The molecule has 0 saturated heterocycles. The summed E-state index contributed by atoms with van der Waals surface area (Å²) < 4.78 is 65.6. The van der Waals surface area contributed by atoms with Crippen molar-refractivity contribution in [2.75, 3.05) is 0 Å². The van der Waals surface area contributed by atoms with E-state index >= 15 is 0 Å². The van der Waals surface area contributed by atoms with Crippen LogP contribution in [-0.2, 0) is 6.18 Å². The van der Waals surface area contributed by atoms with Gasteiger partial charge in [0.2, 0.25) is 0 Å². The molecule has 1 N–H and O–H groups in total. The Hall–Kier alpha value is -3.03. The number of alkyl halides is 3. The molecule has 0 atom stereocenters. The van der Waals surface area contributed by atoms with Crippen LogP contribution >= 0.6 is 0 Å². The number of allylic oxidation sites excluding steroid dienone is 2. The van der Waals surface area contributed by atoms with Crippen molar-refractivity contribution in [1.29, 1.82) is 0 Å². The van der Waals surface area contributed by atoms with Crippen LogP contribution in [0.3, 0.4) is 0 Å². The molecule has 0 spiro atoms. The van der Waals surface area contributed by atoms with Gasteiger partial charge in [-0.05, 0) is 48.9 Å². The molecule has 134 valence electrons. The van der Waals surface area contributed by atoms with Crippen LogP contribution in [0, 0.1) is 5.82 Å². The Morgan fingerprint density at radius 2 is 1.85 bits per heavy atom. The highest BCUT2D eigenvalue weighted by atomic mass is 19.4. The van der Waals surface area contributed by atoms with Crippen LogP contribution in [-0.4, -0.2) is 16.2 Å². The van der Waals surface area contributed by atoms with Gasteiger partial charge < -0.3 is 4.98 Å². The molecular formula is C18H12F5N3. The normalized spacial score (nSPS) is 13.1. The summed E-state index contributed by atoms with van der Waals surface area (Å²) in [7, 11) is 0. The van der Waals surface area contributed by atoms with Crippen molar-refractivity contribution >= 4 is 22.8 Å². The van der Waals surface area contributed by atoms with Crippen molar-refractivity contribution in [3.63, 3.8) is 0 Å². The Balaban J connectivity index is 2.22. The van der Waals surface area contributed by atoms with Crippen molar-refractivity contribution in [1.82, 2.24) is 9.97 Å². The van der Waals surface area contributed by atoms with Gasteiger partial charge in [0.1, 0.15) is 11.5 Å². The van der Waals surface area contributed by atoms with E-state index in [1.165, 1.54) is 43.3 Å². The first-order valence-corrected chi connectivity index (χ1v) is 7.51. The zero-order chi connectivity index (χ0) is 18.9. The van der Waals surface area contributed by atoms with Gasteiger partial charge >= 0.3 is 6.18 Å². The van der Waals surface area contributed by atoms with E-state index in [9.17, 15) is 22.0 Å². The summed E-state index contributed by atoms with van der Waals surface area (Å²) in [5.41, 5.74) is -0.252. The zero-order valence-corrected chi connectivity index (χ0v) is 13.4. The number of H-pyrrole nitrogens is 1. The van der Waals surface area contributed by atoms with Crippen LogP contribution in [0.5, 0.6) is 0 Å². The summed E-state index contributed by atoms with van der Waals surface area (Å²) in [5, 5.41) is 2.53. The van der Waals surface area contributed by atoms with Crippen LogP contribution in [0.15, 0.2) is 47.7 Å². The van der Waals surface area contributed by atoms with E-state index in [0.29, 0.717) is 17.5 Å². The number of hydrogen-bond acceptors (Lipinski definition) is 2.